The van der Waals surface area contributed by atoms with Crippen LogP contribution < -0.4 is 5.43 Å². The Morgan fingerprint density at radius 3 is 2.65 bits per heavy atom. The lowest BCUT2D eigenvalue weighted by molar-refractivity contribution is 0.964. The highest BCUT2D eigenvalue weighted by molar-refractivity contribution is 9.10. The predicted molar refractivity (Wildman–Crippen MR) is 110 cm³/mol. The van der Waals surface area contributed by atoms with Crippen LogP contribution in [-0.2, 0) is 0 Å². The van der Waals surface area contributed by atoms with Crippen LogP contribution in [0.5, 0.6) is 0 Å². The molecule has 26 heavy (non-hydrogen) atoms. The number of nitrogens with zero attached hydrogens (tertiary/aromatic N) is 3. The third kappa shape index (κ3) is 3.15. The molecule has 6 heteroatoms. The number of imidazole rings is 1. The molecule has 0 bridgehead atoms. The Labute approximate surface area is 159 Å². The minimum atomic E-state index is 0.629. The third-order valence-electron chi connectivity index (χ3n) is 4.32. The van der Waals surface area contributed by atoms with Crippen molar-refractivity contribution in [1.82, 2.24) is 14.5 Å². The van der Waals surface area contributed by atoms with Crippen LogP contribution in [0, 0.1) is 13.8 Å². The number of hydrogen-bond acceptors (Lipinski definition) is 3. The zero-order valence-corrected chi connectivity index (χ0v) is 16.1. The van der Waals surface area contributed by atoms with E-state index in [4.69, 9.17) is 0 Å². The first-order valence-electron chi connectivity index (χ1n) is 8.30. The van der Waals surface area contributed by atoms with Gasteiger partial charge in [-0.1, -0.05) is 28.1 Å². The number of rotatable bonds is 4. The molecule has 0 fully saturated rings. The number of aromatic amines is 1. The zero-order chi connectivity index (χ0) is 18.1. The van der Waals surface area contributed by atoms with Crippen LogP contribution >= 0.6 is 15.9 Å². The van der Waals surface area contributed by atoms with Crippen molar-refractivity contribution < 1.29 is 0 Å². The minimum absolute atomic E-state index is 0.629. The zero-order valence-electron chi connectivity index (χ0n) is 14.5. The van der Waals surface area contributed by atoms with Gasteiger partial charge in [0.25, 0.3) is 0 Å². The van der Waals surface area contributed by atoms with E-state index in [-0.39, 0.29) is 0 Å². The molecule has 0 spiro atoms. The van der Waals surface area contributed by atoms with Crippen molar-refractivity contribution in [2.24, 2.45) is 5.10 Å². The van der Waals surface area contributed by atoms with Gasteiger partial charge in [-0.3, -0.25) is 0 Å². The Kier molecular flexibility index (Phi) is 4.34. The van der Waals surface area contributed by atoms with Crippen molar-refractivity contribution in [3.8, 4) is 5.69 Å². The van der Waals surface area contributed by atoms with Crippen LogP contribution in [-0.4, -0.2) is 20.7 Å². The third-order valence-corrected chi connectivity index (χ3v) is 4.85. The quantitative estimate of drug-likeness (QED) is 0.361. The number of benzene rings is 2. The molecular weight excluding hydrogens is 390 g/mol. The van der Waals surface area contributed by atoms with Crippen LogP contribution in [0.2, 0.25) is 0 Å². The lowest BCUT2D eigenvalue weighted by Gasteiger charge is -2.09. The van der Waals surface area contributed by atoms with Crippen LogP contribution in [0.25, 0.3) is 16.7 Å². The molecule has 0 radical (unpaired) electrons. The Balaban J connectivity index is 1.57. The van der Waals surface area contributed by atoms with E-state index in [1.807, 2.05) is 42.6 Å². The summed E-state index contributed by atoms with van der Waals surface area (Å²) in [5.74, 6) is 0.629. The van der Waals surface area contributed by atoms with Gasteiger partial charge in [-0.2, -0.15) is 5.10 Å². The summed E-state index contributed by atoms with van der Waals surface area (Å²) < 4.78 is 3.29. The number of halogens is 1. The highest BCUT2D eigenvalue weighted by Crippen LogP contribution is 2.21. The smallest absolute Gasteiger partial charge is 0.222 e. The monoisotopic (exact) mass is 407 g/mol. The molecule has 0 aliphatic heterocycles. The number of para-hydroxylation sites is 2. The van der Waals surface area contributed by atoms with Crippen molar-refractivity contribution in [2.45, 2.75) is 13.8 Å². The fraction of sp³-hybridized carbons (Fsp3) is 0.100. The van der Waals surface area contributed by atoms with Crippen LogP contribution in [0.3, 0.4) is 0 Å². The van der Waals surface area contributed by atoms with E-state index in [1.54, 1.807) is 0 Å². The van der Waals surface area contributed by atoms with Gasteiger partial charge in [0.05, 0.1) is 17.2 Å². The van der Waals surface area contributed by atoms with Gasteiger partial charge in [0.2, 0.25) is 5.95 Å². The normalized spacial score (nSPS) is 11.5. The highest BCUT2D eigenvalue weighted by Gasteiger charge is 2.09. The summed E-state index contributed by atoms with van der Waals surface area (Å²) in [4.78, 5) is 7.65. The molecule has 0 unspecified atom stereocenters. The fourth-order valence-corrected chi connectivity index (χ4v) is 3.34. The van der Waals surface area contributed by atoms with Gasteiger partial charge in [0.1, 0.15) is 0 Å². The Bertz CT molecular complexity index is 1060. The van der Waals surface area contributed by atoms with Gasteiger partial charge in [0.15, 0.2) is 0 Å². The van der Waals surface area contributed by atoms with E-state index in [9.17, 15) is 0 Å². The first kappa shape index (κ1) is 16.6. The molecule has 0 saturated heterocycles. The number of anilines is 1. The number of H-pyrrole nitrogens is 1. The van der Waals surface area contributed by atoms with E-state index in [1.165, 1.54) is 0 Å². The Morgan fingerprint density at radius 1 is 1.12 bits per heavy atom. The van der Waals surface area contributed by atoms with Crippen LogP contribution in [0.15, 0.2) is 64.2 Å². The highest BCUT2D eigenvalue weighted by atomic mass is 79.9. The fourth-order valence-electron chi connectivity index (χ4n) is 3.07. The van der Waals surface area contributed by atoms with E-state index in [0.717, 1.165) is 38.1 Å². The van der Waals surface area contributed by atoms with Gasteiger partial charge >= 0.3 is 0 Å². The molecule has 0 saturated carbocycles. The molecule has 0 aliphatic rings. The van der Waals surface area contributed by atoms with Crippen molar-refractivity contribution >= 4 is 39.1 Å². The maximum absolute atomic E-state index is 4.45. The SMILES string of the molecule is Cc1cc(/C=N\Nc2nc3ccccc3[nH]2)c(C)n1-c1ccc(Br)cc1. The molecule has 2 N–H and O–H groups in total. The molecule has 0 atom stereocenters. The van der Waals surface area contributed by atoms with Crippen LogP contribution in [0.4, 0.5) is 5.95 Å². The summed E-state index contributed by atoms with van der Waals surface area (Å²) in [5.41, 5.74) is 9.37. The lowest BCUT2D eigenvalue weighted by Crippen LogP contribution is -1.99. The second-order valence-corrected chi connectivity index (χ2v) is 7.03. The number of hydrazone groups is 1. The van der Waals surface area contributed by atoms with Gasteiger partial charge in [-0.15, -0.1) is 0 Å². The van der Waals surface area contributed by atoms with Gasteiger partial charge in [-0.25, -0.2) is 10.4 Å². The first-order valence-corrected chi connectivity index (χ1v) is 9.10. The summed E-state index contributed by atoms with van der Waals surface area (Å²) in [5, 5.41) is 4.34. The average molecular weight is 408 g/mol. The Hall–Kier alpha value is -2.86. The maximum Gasteiger partial charge on any atom is 0.222 e. The first-order chi connectivity index (χ1) is 12.6. The number of fused-ring (bicyclic) bond motifs is 1. The molecular formula is C20H18BrN5. The molecule has 5 nitrogen and oxygen atoms in total. The summed E-state index contributed by atoms with van der Waals surface area (Å²) >= 11 is 3.48. The van der Waals surface area contributed by atoms with E-state index >= 15 is 0 Å². The summed E-state index contributed by atoms with van der Waals surface area (Å²) in [7, 11) is 0. The predicted octanol–water partition coefficient (Wildman–Crippen LogP) is 5.18. The standard InChI is InChI=1S/C20H18BrN5/c1-13-11-15(14(2)26(13)17-9-7-16(21)8-10-17)12-22-25-20-23-18-5-3-4-6-19(18)24-20/h3-12H,1-2H3,(H2,23,24,25)/b22-12-. The van der Waals surface area contributed by atoms with Crippen molar-refractivity contribution in [1.29, 1.82) is 0 Å². The lowest BCUT2D eigenvalue weighted by atomic mass is 10.2. The molecule has 4 rings (SSSR count). The largest absolute Gasteiger partial charge is 0.323 e. The maximum atomic E-state index is 4.45. The summed E-state index contributed by atoms with van der Waals surface area (Å²) in [6, 6.07) is 18.3. The second-order valence-electron chi connectivity index (χ2n) is 6.11. The molecule has 2 aromatic heterocycles. The number of aryl methyl sites for hydroxylation is 1. The minimum Gasteiger partial charge on any atom is -0.323 e. The second kappa shape index (κ2) is 6.80. The molecule has 4 aromatic rings. The Morgan fingerprint density at radius 2 is 1.88 bits per heavy atom. The van der Waals surface area contributed by atoms with Crippen LogP contribution in [0.1, 0.15) is 17.0 Å². The van der Waals surface area contributed by atoms with E-state index in [2.05, 4.69) is 73.0 Å². The van der Waals surface area contributed by atoms with Crippen molar-refractivity contribution in [3.63, 3.8) is 0 Å². The molecule has 2 aromatic carbocycles. The van der Waals surface area contributed by atoms with Gasteiger partial charge < -0.3 is 9.55 Å². The molecule has 130 valence electrons. The van der Waals surface area contributed by atoms with Crippen molar-refractivity contribution in [3.05, 3.63) is 76.0 Å². The average Bonchev–Trinajstić information content (AvgIpc) is 3.17. The number of nitrogens with one attached hydrogen (secondary N) is 2. The summed E-state index contributed by atoms with van der Waals surface area (Å²) in [6.45, 7) is 4.19. The number of aromatic nitrogens is 3. The molecule has 0 amide bonds. The topological polar surface area (TPSA) is 58.0 Å². The molecule has 2 heterocycles. The molecule has 0 aliphatic carbocycles. The van der Waals surface area contributed by atoms with Gasteiger partial charge in [0, 0.05) is 27.1 Å². The van der Waals surface area contributed by atoms with E-state index < -0.39 is 0 Å². The van der Waals surface area contributed by atoms with Crippen molar-refractivity contribution in [2.75, 3.05) is 5.43 Å². The van der Waals surface area contributed by atoms with Gasteiger partial charge in [-0.05, 0) is 56.3 Å². The summed E-state index contributed by atoms with van der Waals surface area (Å²) in [6.07, 6.45) is 1.82. The van der Waals surface area contributed by atoms with E-state index in [0.29, 0.717) is 5.95 Å². The number of hydrogen-bond donors (Lipinski definition) is 2.